The highest BCUT2D eigenvalue weighted by Crippen LogP contribution is 2.25. The molecule has 2 aromatic carbocycles. The molecule has 0 bridgehead atoms. The second-order valence-electron chi connectivity index (χ2n) is 3.96. The molecule has 0 aliphatic heterocycles. The van der Waals surface area contributed by atoms with Gasteiger partial charge in [0.2, 0.25) is 0 Å². The van der Waals surface area contributed by atoms with Crippen molar-refractivity contribution in [3.63, 3.8) is 0 Å². The number of rotatable bonds is 3. The molecule has 0 saturated carbocycles. The Morgan fingerprint density at radius 2 is 2.05 bits per heavy atom. The lowest BCUT2D eigenvalue weighted by Crippen LogP contribution is -2.13. The number of ether oxygens (including phenoxy) is 1. The molecule has 2 aromatic rings. The minimum absolute atomic E-state index is 0.114. The van der Waals surface area contributed by atoms with Crippen LogP contribution < -0.4 is 10.1 Å². The minimum Gasteiger partial charge on any atom is -0.497 e. The van der Waals surface area contributed by atoms with Crippen molar-refractivity contribution in [1.82, 2.24) is 0 Å². The van der Waals surface area contributed by atoms with E-state index in [1.165, 1.54) is 19.2 Å². The molecule has 2 rings (SSSR count). The van der Waals surface area contributed by atoms with E-state index in [9.17, 15) is 9.18 Å². The number of halogens is 3. The van der Waals surface area contributed by atoms with E-state index in [0.29, 0.717) is 16.5 Å². The quantitative estimate of drug-likeness (QED) is 0.877. The molecule has 1 N–H and O–H groups in total. The molecule has 0 fully saturated rings. The number of anilines is 1. The first-order valence-corrected chi connectivity index (χ1v) is 6.77. The zero-order valence-electron chi connectivity index (χ0n) is 10.4. The SMILES string of the molecule is COc1cc(Br)cc(NC(=O)c2cc(Cl)ccc2F)c1. The first-order chi connectivity index (χ1) is 9.49. The molecule has 0 aliphatic rings. The van der Waals surface area contributed by atoms with Crippen molar-refractivity contribution >= 4 is 39.1 Å². The highest BCUT2D eigenvalue weighted by molar-refractivity contribution is 9.10. The Hall–Kier alpha value is -1.59. The van der Waals surface area contributed by atoms with Gasteiger partial charge >= 0.3 is 0 Å². The van der Waals surface area contributed by atoms with E-state index in [0.717, 1.165) is 10.5 Å². The first-order valence-electron chi connectivity index (χ1n) is 5.60. The van der Waals surface area contributed by atoms with E-state index in [1.807, 2.05) is 0 Å². The van der Waals surface area contributed by atoms with E-state index in [2.05, 4.69) is 21.2 Å². The fourth-order valence-corrected chi connectivity index (χ4v) is 2.27. The van der Waals surface area contributed by atoms with Crippen molar-refractivity contribution in [3.8, 4) is 5.75 Å². The van der Waals surface area contributed by atoms with Crippen LogP contribution in [0.5, 0.6) is 5.75 Å². The van der Waals surface area contributed by atoms with Crippen LogP contribution in [0.25, 0.3) is 0 Å². The molecular formula is C14H10BrClFNO2. The monoisotopic (exact) mass is 357 g/mol. The Kier molecular flexibility index (Phi) is 4.62. The second-order valence-corrected chi connectivity index (χ2v) is 5.31. The summed E-state index contributed by atoms with van der Waals surface area (Å²) < 4.78 is 19.4. The van der Waals surface area contributed by atoms with Gasteiger partial charge in [0.1, 0.15) is 11.6 Å². The first kappa shape index (κ1) is 14.8. The van der Waals surface area contributed by atoms with Crippen molar-refractivity contribution in [3.05, 3.63) is 57.3 Å². The zero-order chi connectivity index (χ0) is 14.7. The number of carbonyl (C=O) groups excluding carboxylic acids is 1. The maximum atomic E-state index is 13.6. The van der Waals surface area contributed by atoms with Gasteiger partial charge in [-0.25, -0.2) is 4.39 Å². The van der Waals surface area contributed by atoms with Crippen molar-refractivity contribution in [1.29, 1.82) is 0 Å². The summed E-state index contributed by atoms with van der Waals surface area (Å²) in [6.07, 6.45) is 0. The van der Waals surface area contributed by atoms with Crippen LogP contribution >= 0.6 is 27.5 Å². The van der Waals surface area contributed by atoms with Crippen LogP contribution in [0.4, 0.5) is 10.1 Å². The van der Waals surface area contributed by atoms with E-state index in [1.54, 1.807) is 18.2 Å². The smallest absolute Gasteiger partial charge is 0.258 e. The molecule has 0 aromatic heterocycles. The fourth-order valence-electron chi connectivity index (χ4n) is 1.62. The third-order valence-electron chi connectivity index (χ3n) is 2.54. The van der Waals surface area contributed by atoms with Gasteiger partial charge in [0, 0.05) is 21.2 Å². The molecule has 1 amide bonds. The fraction of sp³-hybridized carbons (Fsp3) is 0.0714. The molecule has 0 atom stereocenters. The van der Waals surface area contributed by atoms with Gasteiger partial charge in [0.15, 0.2) is 0 Å². The Labute approximate surface area is 128 Å². The molecule has 0 saturated heterocycles. The lowest BCUT2D eigenvalue weighted by Gasteiger charge is -2.09. The van der Waals surface area contributed by atoms with E-state index >= 15 is 0 Å². The third kappa shape index (κ3) is 3.49. The number of carbonyl (C=O) groups is 1. The van der Waals surface area contributed by atoms with Gasteiger partial charge in [-0.2, -0.15) is 0 Å². The predicted octanol–water partition coefficient (Wildman–Crippen LogP) is 4.50. The largest absolute Gasteiger partial charge is 0.497 e. The Morgan fingerprint density at radius 1 is 1.30 bits per heavy atom. The molecule has 0 radical (unpaired) electrons. The Morgan fingerprint density at radius 3 is 2.75 bits per heavy atom. The number of nitrogens with one attached hydrogen (secondary N) is 1. The van der Waals surface area contributed by atoms with Gasteiger partial charge in [-0.05, 0) is 30.3 Å². The summed E-state index contributed by atoms with van der Waals surface area (Å²) in [6.45, 7) is 0. The molecule has 20 heavy (non-hydrogen) atoms. The van der Waals surface area contributed by atoms with Crippen LogP contribution in [0, 0.1) is 5.82 Å². The normalized spacial score (nSPS) is 10.2. The highest BCUT2D eigenvalue weighted by atomic mass is 79.9. The van der Waals surface area contributed by atoms with Crippen LogP contribution in [0.3, 0.4) is 0 Å². The van der Waals surface area contributed by atoms with E-state index < -0.39 is 11.7 Å². The number of hydrogen-bond acceptors (Lipinski definition) is 2. The van der Waals surface area contributed by atoms with E-state index in [4.69, 9.17) is 16.3 Å². The third-order valence-corrected chi connectivity index (χ3v) is 3.23. The summed E-state index contributed by atoms with van der Waals surface area (Å²) in [5, 5.41) is 2.89. The molecule has 3 nitrogen and oxygen atoms in total. The second kappa shape index (κ2) is 6.24. The van der Waals surface area contributed by atoms with Crippen molar-refractivity contribution in [2.24, 2.45) is 0 Å². The average molecular weight is 359 g/mol. The molecule has 0 aliphatic carbocycles. The van der Waals surface area contributed by atoms with Gasteiger partial charge in [0.25, 0.3) is 5.91 Å². The molecule has 6 heteroatoms. The molecule has 0 heterocycles. The van der Waals surface area contributed by atoms with Gasteiger partial charge in [-0.1, -0.05) is 27.5 Å². The molecule has 0 unspecified atom stereocenters. The van der Waals surface area contributed by atoms with Gasteiger partial charge < -0.3 is 10.1 Å². The van der Waals surface area contributed by atoms with Crippen LogP contribution in [0.15, 0.2) is 40.9 Å². The van der Waals surface area contributed by atoms with Gasteiger partial charge in [-0.3, -0.25) is 4.79 Å². The van der Waals surface area contributed by atoms with Crippen LogP contribution in [-0.4, -0.2) is 13.0 Å². The summed E-state index contributed by atoms with van der Waals surface area (Å²) in [7, 11) is 1.52. The van der Waals surface area contributed by atoms with Gasteiger partial charge in [0.05, 0.1) is 12.7 Å². The maximum absolute atomic E-state index is 13.6. The summed E-state index contributed by atoms with van der Waals surface area (Å²) in [5.74, 6) is -0.639. The number of benzene rings is 2. The molecular weight excluding hydrogens is 349 g/mol. The van der Waals surface area contributed by atoms with Crippen molar-refractivity contribution in [2.75, 3.05) is 12.4 Å². The Bertz CT molecular complexity index is 664. The number of hydrogen-bond donors (Lipinski definition) is 1. The topological polar surface area (TPSA) is 38.3 Å². The van der Waals surface area contributed by atoms with Crippen LogP contribution in [-0.2, 0) is 0 Å². The van der Waals surface area contributed by atoms with Crippen molar-refractivity contribution < 1.29 is 13.9 Å². The molecule has 104 valence electrons. The lowest BCUT2D eigenvalue weighted by molar-refractivity contribution is 0.102. The summed E-state index contributed by atoms with van der Waals surface area (Å²) in [6, 6.07) is 8.87. The Balaban J connectivity index is 2.27. The summed E-state index contributed by atoms with van der Waals surface area (Å²) in [5.41, 5.74) is 0.372. The number of methoxy groups -OCH3 is 1. The summed E-state index contributed by atoms with van der Waals surface area (Å²) in [4.78, 5) is 12.0. The zero-order valence-corrected chi connectivity index (χ0v) is 12.8. The minimum atomic E-state index is -0.631. The highest BCUT2D eigenvalue weighted by Gasteiger charge is 2.13. The van der Waals surface area contributed by atoms with E-state index in [-0.39, 0.29) is 5.56 Å². The summed E-state index contributed by atoms with van der Waals surface area (Å²) >= 11 is 9.06. The predicted molar refractivity (Wildman–Crippen MR) is 80.1 cm³/mol. The maximum Gasteiger partial charge on any atom is 0.258 e. The standard InChI is InChI=1S/C14H10BrClFNO2/c1-20-11-5-8(15)4-10(7-11)18-14(19)12-6-9(16)2-3-13(12)17/h2-7H,1H3,(H,18,19). The van der Waals surface area contributed by atoms with Crippen molar-refractivity contribution in [2.45, 2.75) is 0 Å². The van der Waals surface area contributed by atoms with Crippen LogP contribution in [0.2, 0.25) is 5.02 Å². The van der Waals surface area contributed by atoms with Crippen LogP contribution in [0.1, 0.15) is 10.4 Å². The number of amides is 1. The molecule has 0 spiro atoms. The van der Waals surface area contributed by atoms with Gasteiger partial charge in [-0.15, -0.1) is 0 Å². The lowest BCUT2D eigenvalue weighted by atomic mass is 10.2. The average Bonchev–Trinajstić information content (AvgIpc) is 2.40.